The van der Waals surface area contributed by atoms with Crippen LogP contribution in [0.3, 0.4) is 0 Å². The van der Waals surface area contributed by atoms with Gasteiger partial charge in [-0.15, -0.1) is 0 Å². The Morgan fingerprint density at radius 2 is 1.75 bits per heavy atom. The Labute approximate surface area is 125 Å². The minimum atomic E-state index is 0.874. The molecule has 2 atom stereocenters. The second-order valence-electron chi connectivity index (χ2n) is 6.59. The van der Waals surface area contributed by atoms with Gasteiger partial charge in [0.05, 0.1) is 0 Å². The van der Waals surface area contributed by atoms with E-state index in [0.29, 0.717) is 0 Å². The molecule has 0 saturated heterocycles. The molecule has 1 nitrogen and oxygen atoms in total. The lowest BCUT2D eigenvalue weighted by atomic mass is 9.82. The minimum Gasteiger partial charge on any atom is -0.317 e. The number of benzene rings is 1. The van der Waals surface area contributed by atoms with Gasteiger partial charge < -0.3 is 5.32 Å². The predicted molar refractivity (Wildman–Crippen MR) is 88.2 cm³/mol. The normalized spacial score (nSPS) is 23.6. The third kappa shape index (κ3) is 4.34. The third-order valence-corrected chi connectivity index (χ3v) is 5.04. The third-order valence-electron chi connectivity index (χ3n) is 5.04. The highest BCUT2D eigenvalue weighted by atomic mass is 14.8. The monoisotopic (exact) mass is 273 g/mol. The summed E-state index contributed by atoms with van der Waals surface area (Å²) in [6.45, 7) is 8.98. The highest BCUT2D eigenvalue weighted by Gasteiger charge is 2.23. The van der Waals surface area contributed by atoms with E-state index in [1.807, 2.05) is 0 Å². The number of nitrogens with one attached hydrogen (secondary N) is 1. The molecule has 1 aliphatic carbocycles. The van der Waals surface area contributed by atoms with Crippen LogP contribution < -0.4 is 5.32 Å². The lowest BCUT2D eigenvalue weighted by Gasteiger charge is -2.26. The molecule has 0 amide bonds. The van der Waals surface area contributed by atoms with Gasteiger partial charge in [0.25, 0.3) is 0 Å². The van der Waals surface area contributed by atoms with E-state index in [9.17, 15) is 0 Å². The second-order valence-corrected chi connectivity index (χ2v) is 6.59. The largest absolute Gasteiger partial charge is 0.317 e. The molecule has 0 aliphatic heterocycles. The molecule has 112 valence electrons. The van der Waals surface area contributed by atoms with Gasteiger partial charge in [-0.05, 0) is 74.7 Å². The van der Waals surface area contributed by atoms with Gasteiger partial charge in [0.2, 0.25) is 0 Å². The first kappa shape index (κ1) is 15.6. The van der Waals surface area contributed by atoms with E-state index in [2.05, 4.69) is 44.3 Å². The van der Waals surface area contributed by atoms with Gasteiger partial charge in [-0.3, -0.25) is 0 Å². The SMILES string of the molecule is CCNCC1CCCCCC1Cc1ccc(C)c(C)c1. The van der Waals surface area contributed by atoms with Crippen LogP contribution in [0.5, 0.6) is 0 Å². The number of hydrogen-bond acceptors (Lipinski definition) is 1. The zero-order chi connectivity index (χ0) is 14.4. The van der Waals surface area contributed by atoms with Crippen LogP contribution in [-0.2, 0) is 6.42 Å². The molecule has 2 rings (SSSR count). The van der Waals surface area contributed by atoms with Crippen LogP contribution in [0.2, 0.25) is 0 Å². The maximum Gasteiger partial charge on any atom is -0.00179 e. The molecule has 20 heavy (non-hydrogen) atoms. The highest BCUT2D eigenvalue weighted by molar-refractivity contribution is 5.30. The topological polar surface area (TPSA) is 12.0 Å². The quantitative estimate of drug-likeness (QED) is 0.770. The Morgan fingerprint density at radius 1 is 1.00 bits per heavy atom. The average Bonchev–Trinajstić information content (AvgIpc) is 2.66. The Hall–Kier alpha value is -0.820. The molecular weight excluding hydrogens is 242 g/mol. The van der Waals surface area contributed by atoms with Crippen molar-refractivity contribution >= 4 is 0 Å². The second kappa shape index (κ2) is 7.83. The molecule has 0 spiro atoms. The summed E-state index contributed by atoms with van der Waals surface area (Å²) in [6, 6.07) is 7.04. The van der Waals surface area contributed by atoms with E-state index in [-0.39, 0.29) is 0 Å². The van der Waals surface area contributed by atoms with E-state index < -0.39 is 0 Å². The average molecular weight is 273 g/mol. The summed E-state index contributed by atoms with van der Waals surface area (Å²) in [5.74, 6) is 1.75. The molecule has 2 unspecified atom stereocenters. The first-order valence-corrected chi connectivity index (χ1v) is 8.47. The van der Waals surface area contributed by atoms with Crippen LogP contribution >= 0.6 is 0 Å². The van der Waals surface area contributed by atoms with Crippen molar-refractivity contribution in [3.63, 3.8) is 0 Å². The van der Waals surface area contributed by atoms with Crippen molar-refractivity contribution in [1.82, 2.24) is 5.32 Å². The molecule has 0 heterocycles. The van der Waals surface area contributed by atoms with Gasteiger partial charge in [0, 0.05) is 0 Å². The van der Waals surface area contributed by atoms with Crippen LogP contribution in [-0.4, -0.2) is 13.1 Å². The zero-order valence-electron chi connectivity index (χ0n) is 13.5. The Kier molecular flexibility index (Phi) is 6.09. The van der Waals surface area contributed by atoms with E-state index in [0.717, 1.165) is 18.4 Å². The van der Waals surface area contributed by atoms with E-state index >= 15 is 0 Å². The maximum absolute atomic E-state index is 3.58. The molecule has 1 saturated carbocycles. The predicted octanol–water partition coefficient (Wildman–Crippen LogP) is 4.65. The molecule has 1 aromatic carbocycles. The van der Waals surface area contributed by atoms with Crippen LogP contribution in [0, 0.1) is 25.7 Å². The molecular formula is C19H31N. The van der Waals surface area contributed by atoms with Crippen molar-refractivity contribution in [1.29, 1.82) is 0 Å². The lowest BCUT2D eigenvalue weighted by molar-refractivity contribution is 0.299. The summed E-state index contributed by atoms with van der Waals surface area (Å²) in [4.78, 5) is 0. The summed E-state index contributed by atoms with van der Waals surface area (Å²) in [7, 11) is 0. The van der Waals surface area contributed by atoms with Gasteiger partial charge in [0.15, 0.2) is 0 Å². The fourth-order valence-corrected chi connectivity index (χ4v) is 3.56. The highest BCUT2D eigenvalue weighted by Crippen LogP contribution is 2.31. The molecule has 1 aliphatic rings. The first-order valence-electron chi connectivity index (χ1n) is 8.47. The maximum atomic E-state index is 3.58. The van der Waals surface area contributed by atoms with E-state index in [1.165, 1.54) is 56.2 Å². The van der Waals surface area contributed by atoms with Gasteiger partial charge in [-0.1, -0.05) is 44.4 Å². The van der Waals surface area contributed by atoms with Crippen LogP contribution in [0.15, 0.2) is 18.2 Å². The molecule has 0 bridgehead atoms. The minimum absolute atomic E-state index is 0.874. The summed E-state index contributed by atoms with van der Waals surface area (Å²) < 4.78 is 0. The molecule has 1 N–H and O–H groups in total. The Bertz CT molecular complexity index is 410. The van der Waals surface area contributed by atoms with Crippen LogP contribution in [0.25, 0.3) is 0 Å². The number of rotatable bonds is 5. The fraction of sp³-hybridized carbons (Fsp3) is 0.684. The van der Waals surface area contributed by atoms with Crippen molar-refractivity contribution in [3.8, 4) is 0 Å². The lowest BCUT2D eigenvalue weighted by Crippen LogP contribution is -2.28. The first-order chi connectivity index (χ1) is 9.70. The zero-order valence-corrected chi connectivity index (χ0v) is 13.5. The summed E-state index contributed by atoms with van der Waals surface area (Å²) in [6.07, 6.45) is 8.41. The fourth-order valence-electron chi connectivity index (χ4n) is 3.56. The van der Waals surface area contributed by atoms with Gasteiger partial charge in [-0.25, -0.2) is 0 Å². The molecule has 1 heteroatoms. The van der Waals surface area contributed by atoms with Crippen LogP contribution in [0.1, 0.15) is 55.7 Å². The summed E-state index contributed by atoms with van der Waals surface area (Å²) in [5.41, 5.74) is 4.40. The number of aryl methyl sites for hydroxylation is 2. The smallest absolute Gasteiger partial charge is 0.00179 e. The Balaban J connectivity index is 2.03. The van der Waals surface area contributed by atoms with Crippen LogP contribution in [0.4, 0.5) is 0 Å². The molecule has 1 aromatic rings. The van der Waals surface area contributed by atoms with Crippen molar-refractivity contribution in [2.24, 2.45) is 11.8 Å². The summed E-state index contributed by atoms with van der Waals surface area (Å²) >= 11 is 0. The number of hydrogen-bond donors (Lipinski definition) is 1. The Morgan fingerprint density at radius 3 is 2.45 bits per heavy atom. The molecule has 1 fully saturated rings. The van der Waals surface area contributed by atoms with Gasteiger partial charge >= 0.3 is 0 Å². The van der Waals surface area contributed by atoms with Crippen molar-refractivity contribution < 1.29 is 0 Å². The molecule has 0 radical (unpaired) electrons. The van der Waals surface area contributed by atoms with Gasteiger partial charge in [0.1, 0.15) is 0 Å². The molecule has 0 aromatic heterocycles. The standard InChI is InChI=1S/C19H31N/c1-4-20-14-19-9-7-5-6-8-18(19)13-17-11-10-15(2)16(3)12-17/h10-12,18-20H,4-9,13-14H2,1-3H3. The van der Waals surface area contributed by atoms with E-state index in [4.69, 9.17) is 0 Å². The van der Waals surface area contributed by atoms with E-state index in [1.54, 1.807) is 5.56 Å². The van der Waals surface area contributed by atoms with Crippen molar-refractivity contribution in [2.75, 3.05) is 13.1 Å². The van der Waals surface area contributed by atoms with Crippen molar-refractivity contribution in [3.05, 3.63) is 34.9 Å². The summed E-state index contributed by atoms with van der Waals surface area (Å²) in [5, 5.41) is 3.58. The van der Waals surface area contributed by atoms with Crippen molar-refractivity contribution in [2.45, 2.75) is 59.3 Å². The van der Waals surface area contributed by atoms with Gasteiger partial charge in [-0.2, -0.15) is 0 Å².